The summed E-state index contributed by atoms with van der Waals surface area (Å²) in [6.07, 6.45) is 3.31. The van der Waals surface area contributed by atoms with E-state index in [1.54, 1.807) is 12.1 Å². The normalized spacial score (nSPS) is 15.7. The van der Waals surface area contributed by atoms with E-state index >= 15 is 0 Å². The topological polar surface area (TPSA) is 111 Å². The van der Waals surface area contributed by atoms with Gasteiger partial charge in [0.25, 0.3) is 5.91 Å². The number of rotatable bonds is 6. The van der Waals surface area contributed by atoms with Crippen molar-refractivity contribution in [2.75, 3.05) is 6.61 Å². The van der Waals surface area contributed by atoms with Gasteiger partial charge in [-0.1, -0.05) is 29.8 Å². The van der Waals surface area contributed by atoms with Crippen LogP contribution in [0.3, 0.4) is 0 Å². The minimum absolute atomic E-state index is 0.0765. The largest absolute Gasteiger partial charge is 0.475 e. The molecule has 0 saturated carbocycles. The van der Waals surface area contributed by atoms with Gasteiger partial charge in [-0.25, -0.2) is 5.01 Å². The van der Waals surface area contributed by atoms with Crippen molar-refractivity contribution in [1.82, 2.24) is 9.99 Å². The van der Waals surface area contributed by atoms with Gasteiger partial charge in [0.1, 0.15) is 18.0 Å². The van der Waals surface area contributed by atoms with E-state index in [0.717, 1.165) is 16.8 Å². The van der Waals surface area contributed by atoms with Crippen molar-refractivity contribution in [2.45, 2.75) is 19.4 Å². The van der Waals surface area contributed by atoms with E-state index < -0.39 is 29.3 Å². The van der Waals surface area contributed by atoms with Gasteiger partial charge in [-0.15, -0.1) is 0 Å². The van der Waals surface area contributed by atoms with E-state index in [2.05, 4.69) is 10.1 Å². The van der Waals surface area contributed by atoms with E-state index in [9.17, 15) is 14.9 Å². The lowest BCUT2D eigenvalue weighted by atomic mass is 10.0. The molecule has 0 N–H and O–H groups in total. The number of hydrazone groups is 1. The predicted molar refractivity (Wildman–Crippen MR) is 107 cm³/mol. The number of nitrogens with zero attached hydrogens (tertiary/aromatic N) is 4. The second-order valence-electron chi connectivity index (χ2n) is 6.76. The summed E-state index contributed by atoms with van der Waals surface area (Å²) in [5, 5.41) is 16.9. The molecule has 0 aliphatic carbocycles. The molecule has 1 unspecified atom stereocenters. The molecule has 1 atom stereocenters. The monoisotopic (exact) mass is 406 g/mol. The van der Waals surface area contributed by atoms with E-state index in [0.29, 0.717) is 12.2 Å². The number of hydrogen-bond acceptors (Lipinski definition) is 7. The Balaban J connectivity index is 1.56. The predicted octanol–water partition coefficient (Wildman–Crippen LogP) is 3.65. The fourth-order valence-electron chi connectivity index (χ4n) is 3.20. The Bertz CT molecular complexity index is 1090. The van der Waals surface area contributed by atoms with E-state index in [1.807, 2.05) is 31.2 Å². The van der Waals surface area contributed by atoms with Gasteiger partial charge in [0, 0.05) is 6.42 Å². The Morgan fingerprint density at radius 1 is 1.27 bits per heavy atom. The molecule has 9 nitrogen and oxygen atoms in total. The fraction of sp³-hybridized carbons (Fsp3) is 0.190. The highest BCUT2D eigenvalue weighted by Gasteiger charge is 2.35. The van der Waals surface area contributed by atoms with Crippen LogP contribution in [0.5, 0.6) is 5.75 Å². The SMILES string of the molecule is Cc1ccc(C2=NN(C(=O)COc3cccnc3[N+](=O)[O-])C(c3ccco3)C2)cc1. The van der Waals surface area contributed by atoms with E-state index in [4.69, 9.17) is 9.15 Å². The van der Waals surface area contributed by atoms with E-state index in [-0.39, 0.29) is 5.75 Å². The Morgan fingerprint density at radius 3 is 2.77 bits per heavy atom. The van der Waals surface area contributed by atoms with Crippen molar-refractivity contribution in [2.24, 2.45) is 5.10 Å². The average molecular weight is 406 g/mol. The van der Waals surface area contributed by atoms with Crippen LogP contribution in [-0.2, 0) is 4.79 Å². The van der Waals surface area contributed by atoms with Crippen LogP contribution in [-0.4, -0.2) is 33.1 Å². The number of pyridine rings is 1. The molecule has 1 aliphatic rings. The number of aryl methyl sites for hydroxylation is 1. The number of benzene rings is 1. The Kier molecular flexibility index (Phi) is 5.25. The summed E-state index contributed by atoms with van der Waals surface area (Å²) in [7, 11) is 0. The molecule has 3 aromatic rings. The third kappa shape index (κ3) is 3.90. The van der Waals surface area contributed by atoms with Crippen LogP contribution in [0.25, 0.3) is 0 Å². The quantitative estimate of drug-likeness (QED) is 0.456. The number of carbonyl (C=O) groups is 1. The van der Waals surface area contributed by atoms with Gasteiger partial charge in [0.2, 0.25) is 5.75 Å². The first-order valence-corrected chi connectivity index (χ1v) is 9.25. The fourth-order valence-corrected chi connectivity index (χ4v) is 3.20. The van der Waals surface area contributed by atoms with Crippen LogP contribution in [0.1, 0.15) is 29.3 Å². The Morgan fingerprint density at radius 2 is 2.07 bits per heavy atom. The smallest absolute Gasteiger partial charge is 0.406 e. The van der Waals surface area contributed by atoms with Gasteiger partial charge in [0.05, 0.1) is 12.0 Å². The van der Waals surface area contributed by atoms with Gasteiger partial charge >= 0.3 is 5.82 Å². The summed E-state index contributed by atoms with van der Waals surface area (Å²) in [6, 6.07) is 13.9. The zero-order valence-corrected chi connectivity index (χ0v) is 16.1. The number of aromatic nitrogens is 1. The third-order valence-electron chi connectivity index (χ3n) is 4.70. The van der Waals surface area contributed by atoms with Crippen molar-refractivity contribution in [3.8, 4) is 5.75 Å². The molecule has 3 heterocycles. The molecule has 4 rings (SSSR count). The molecule has 1 aliphatic heterocycles. The maximum Gasteiger partial charge on any atom is 0.406 e. The Hall–Kier alpha value is -4.01. The van der Waals surface area contributed by atoms with Crippen molar-refractivity contribution >= 4 is 17.4 Å². The van der Waals surface area contributed by atoms with Crippen LogP contribution in [0, 0.1) is 17.0 Å². The summed E-state index contributed by atoms with van der Waals surface area (Å²) in [6.45, 7) is 1.57. The molecule has 1 aromatic carbocycles. The highest BCUT2D eigenvalue weighted by atomic mass is 16.6. The van der Waals surface area contributed by atoms with Gasteiger partial charge in [-0.05, 0) is 46.7 Å². The minimum atomic E-state index is -0.658. The van der Waals surface area contributed by atoms with Crippen molar-refractivity contribution in [1.29, 1.82) is 0 Å². The second kappa shape index (κ2) is 8.16. The second-order valence-corrected chi connectivity index (χ2v) is 6.76. The van der Waals surface area contributed by atoms with Gasteiger partial charge in [-0.2, -0.15) is 5.10 Å². The highest BCUT2D eigenvalue weighted by molar-refractivity contribution is 6.03. The maximum atomic E-state index is 12.9. The lowest BCUT2D eigenvalue weighted by molar-refractivity contribution is -0.390. The average Bonchev–Trinajstić information content (AvgIpc) is 3.42. The molecular weight excluding hydrogens is 388 g/mol. The highest BCUT2D eigenvalue weighted by Crippen LogP contribution is 2.33. The molecule has 2 aromatic heterocycles. The molecule has 0 fully saturated rings. The standard InChI is InChI=1S/C21H18N4O5/c1-14-6-8-15(9-7-14)16-12-17(18-5-3-11-29-18)24(23-16)20(26)13-30-19-4-2-10-22-21(19)25(27)28/h2-11,17H,12-13H2,1H3. The number of hydrogen-bond donors (Lipinski definition) is 0. The molecule has 1 amide bonds. The Labute approximate surface area is 171 Å². The molecule has 0 spiro atoms. The third-order valence-corrected chi connectivity index (χ3v) is 4.70. The zero-order valence-electron chi connectivity index (χ0n) is 16.1. The summed E-state index contributed by atoms with van der Waals surface area (Å²) < 4.78 is 10.9. The van der Waals surface area contributed by atoms with Crippen molar-refractivity contribution in [3.05, 3.63) is 88.0 Å². The van der Waals surface area contributed by atoms with Crippen LogP contribution >= 0.6 is 0 Å². The number of carbonyl (C=O) groups excluding carboxylic acids is 1. The first-order valence-electron chi connectivity index (χ1n) is 9.25. The summed E-state index contributed by atoms with van der Waals surface area (Å²) in [4.78, 5) is 27.0. The number of nitro groups is 1. The van der Waals surface area contributed by atoms with Crippen LogP contribution in [0.4, 0.5) is 5.82 Å². The summed E-state index contributed by atoms with van der Waals surface area (Å²) in [5.41, 5.74) is 2.78. The van der Waals surface area contributed by atoms with Crippen LogP contribution in [0.2, 0.25) is 0 Å². The lowest BCUT2D eigenvalue weighted by Crippen LogP contribution is -2.31. The molecule has 30 heavy (non-hydrogen) atoms. The van der Waals surface area contributed by atoms with Crippen molar-refractivity contribution < 1.29 is 18.9 Å². The molecule has 0 radical (unpaired) electrons. The lowest BCUT2D eigenvalue weighted by Gasteiger charge is -2.19. The number of furan rings is 1. The molecule has 0 saturated heterocycles. The first-order chi connectivity index (χ1) is 14.5. The van der Waals surface area contributed by atoms with Gasteiger partial charge in [-0.3, -0.25) is 4.79 Å². The van der Waals surface area contributed by atoms with Crippen LogP contribution < -0.4 is 4.74 Å². The minimum Gasteiger partial charge on any atom is -0.475 e. The summed E-state index contributed by atoms with van der Waals surface area (Å²) >= 11 is 0. The van der Waals surface area contributed by atoms with Crippen LogP contribution in [0.15, 0.2) is 70.5 Å². The number of amides is 1. The van der Waals surface area contributed by atoms with E-state index in [1.165, 1.54) is 29.6 Å². The maximum absolute atomic E-state index is 12.9. The number of ether oxygens (including phenoxy) is 1. The van der Waals surface area contributed by atoms with Gasteiger partial charge in [0.15, 0.2) is 6.61 Å². The first kappa shape index (κ1) is 19.3. The molecular formula is C21H18N4O5. The zero-order chi connectivity index (χ0) is 21.1. The molecule has 0 bridgehead atoms. The summed E-state index contributed by atoms with van der Waals surface area (Å²) in [5.74, 6) is -0.372. The molecule has 9 heteroatoms. The van der Waals surface area contributed by atoms with Crippen molar-refractivity contribution in [3.63, 3.8) is 0 Å². The molecule has 152 valence electrons. The van der Waals surface area contributed by atoms with Gasteiger partial charge < -0.3 is 19.3 Å².